The number of halogens is 3. The Kier molecular flexibility index (Phi) is 7.27. The maximum absolute atomic E-state index is 12.6. The van der Waals surface area contributed by atoms with Crippen molar-refractivity contribution in [3.05, 3.63) is 29.8 Å². The lowest BCUT2D eigenvalue weighted by Gasteiger charge is -2.20. The number of carbonyl (C=O) groups is 1. The van der Waals surface area contributed by atoms with Crippen LogP contribution in [0.4, 0.5) is 13.2 Å². The third-order valence-electron chi connectivity index (χ3n) is 3.86. The molecule has 0 heterocycles. The number of carbonyl (C=O) groups excluding carboxylic acids is 1. The van der Waals surface area contributed by atoms with Gasteiger partial charge in [0.05, 0.1) is 5.56 Å². The van der Waals surface area contributed by atoms with Gasteiger partial charge < -0.3 is 10.1 Å². The molecule has 0 aliphatic heterocycles. The Labute approximate surface area is 144 Å². The van der Waals surface area contributed by atoms with Gasteiger partial charge in [0.25, 0.3) is 5.91 Å². The molecule has 0 bridgehead atoms. The van der Waals surface area contributed by atoms with Crippen molar-refractivity contribution in [2.45, 2.75) is 43.5 Å². The van der Waals surface area contributed by atoms with Gasteiger partial charge in [-0.3, -0.25) is 4.79 Å². The normalized spacial score (nSPS) is 16.0. The first-order valence-corrected chi connectivity index (χ1v) is 9.18. The van der Waals surface area contributed by atoms with Crippen molar-refractivity contribution in [1.29, 1.82) is 0 Å². The molecule has 7 heteroatoms. The molecule has 0 unspecified atom stereocenters. The summed E-state index contributed by atoms with van der Waals surface area (Å²) in [6, 6.07) is 4.53. The molecule has 0 atom stereocenters. The highest BCUT2D eigenvalue weighted by atomic mass is 32.2. The summed E-state index contributed by atoms with van der Waals surface area (Å²) in [5, 5.41) is 3.42. The number of amides is 1. The van der Waals surface area contributed by atoms with Gasteiger partial charge in [0.15, 0.2) is 6.61 Å². The summed E-state index contributed by atoms with van der Waals surface area (Å²) in [7, 11) is 0. The van der Waals surface area contributed by atoms with Crippen LogP contribution in [0.5, 0.6) is 5.75 Å². The molecule has 1 amide bonds. The molecule has 0 aromatic heterocycles. The number of hydrogen-bond donors (Lipinski definition) is 1. The first kappa shape index (κ1) is 19.0. The second kappa shape index (κ2) is 9.20. The van der Waals surface area contributed by atoms with E-state index in [1.165, 1.54) is 44.2 Å². The van der Waals surface area contributed by atoms with E-state index in [0.29, 0.717) is 11.8 Å². The average molecular weight is 361 g/mol. The second-order valence-electron chi connectivity index (χ2n) is 5.80. The molecule has 1 N–H and O–H groups in total. The minimum Gasteiger partial charge on any atom is -0.484 e. The molecule has 24 heavy (non-hydrogen) atoms. The third-order valence-corrected chi connectivity index (χ3v) is 5.24. The van der Waals surface area contributed by atoms with Crippen LogP contribution in [-0.2, 0) is 11.0 Å². The van der Waals surface area contributed by atoms with Crippen molar-refractivity contribution in [3.8, 4) is 5.75 Å². The lowest BCUT2D eigenvalue weighted by molar-refractivity contribution is -0.137. The number of alkyl halides is 3. The highest BCUT2D eigenvalue weighted by Gasteiger charge is 2.30. The predicted molar refractivity (Wildman–Crippen MR) is 89.3 cm³/mol. The molecule has 0 saturated heterocycles. The van der Waals surface area contributed by atoms with E-state index >= 15 is 0 Å². The number of hydrogen-bond acceptors (Lipinski definition) is 3. The molecule has 1 fully saturated rings. The Hall–Kier alpha value is -1.37. The van der Waals surface area contributed by atoms with E-state index in [1.807, 2.05) is 11.8 Å². The van der Waals surface area contributed by atoms with Crippen LogP contribution < -0.4 is 10.1 Å². The number of benzene rings is 1. The largest absolute Gasteiger partial charge is 0.484 e. The summed E-state index contributed by atoms with van der Waals surface area (Å²) in [5.74, 6) is 0.563. The van der Waals surface area contributed by atoms with E-state index in [0.717, 1.165) is 17.9 Å². The van der Waals surface area contributed by atoms with Crippen LogP contribution in [-0.4, -0.2) is 30.1 Å². The molecule has 1 saturated carbocycles. The van der Waals surface area contributed by atoms with Gasteiger partial charge in [0, 0.05) is 17.5 Å². The Morgan fingerprint density at radius 3 is 2.71 bits per heavy atom. The number of ether oxygens (including phenoxy) is 1. The fraction of sp³-hybridized carbons (Fsp3) is 0.588. The number of nitrogens with one attached hydrogen (secondary N) is 1. The van der Waals surface area contributed by atoms with Gasteiger partial charge in [-0.25, -0.2) is 0 Å². The van der Waals surface area contributed by atoms with Gasteiger partial charge in [0.1, 0.15) is 5.75 Å². The first-order valence-electron chi connectivity index (χ1n) is 8.13. The summed E-state index contributed by atoms with van der Waals surface area (Å²) in [6.45, 7) is 0.265. The zero-order valence-electron chi connectivity index (χ0n) is 13.4. The molecule has 1 aliphatic rings. The maximum Gasteiger partial charge on any atom is 0.416 e. The fourth-order valence-electron chi connectivity index (χ4n) is 2.61. The highest BCUT2D eigenvalue weighted by Crippen LogP contribution is 2.31. The van der Waals surface area contributed by atoms with E-state index in [-0.39, 0.29) is 18.3 Å². The van der Waals surface area contributed by atoms with E-state index in [4.69, 9.17) is 4.74 Å². The standard InChI is InChI=1S/C17H22F3NO2S/c18-17(19,20)13-5-4-6-14(11-13)23-12-16(22)21-9-10-24-15-7-2-1-3-8-15/h4-6,11,15H,1-3,7-10,12H2,(H,21,22). The molecule has 3 nitrogen and oxygen atoms in total. The van der Waals surface area contributed by atoms with Crippen LogP contribution >= 0.6 is 11.8 Å². The fourth-order valence-corrected chi connectivity index (χ4v) is 3.83. The van der Waals surface area contributed by atoms with Gasteiger partial charge in [0.2, 0.25) is 0 Å². The summed E-state index contributed by atoms with van der Waals surface area (Å²) in [6.07, 6.45) is 1.97. The van der Waals surface area contributed by atoms with Crippen LogP contribution in [0.15, 0.2) is 24.3 Å². The third kappa shape index (κ3) is 6.63. The zero-order chi connectivity index (χ0) is 17.4. The van der Waals surface area contributed by atoms with Crippen molar-refractivity contribution in [2.75, 3.05) is 18.9 Å². The predicted octanol–water partition coefficient (Wildman–Crippen LogP) is 4.27. The number of thioether (sulfide) groups is 1. The van der Waals surface area contributed by atoms with Crippen LogP contribution in [0.25, 0.3) is 0 Å². The zero-order valence-corrected chi connectivity index (χ0v) is 14.2. The van der Waals surface area contributed by atoms with Gasteiger partial charge in [-0.05, 0) is 31.0 Å². The molecule has 1 aromatic carbocycles. The summed E-state index contributed by atoms with van der Waals surface area (Å²) < 4.78 is 42.9. The van der Waals surface area contributed by atoms with Gasteiger partial charge in [-0.15, -0.1) is 0 Å². The Balaban J connectivity index is 1.64. The van der Waals surface area contributed by atoms with Crippen molar-refractivity contribution < 1.29 is 22.7 Å². The van der Waals surface area contributed by atoms with E-state index in [2.05, 4.69) is 5.32 Å². The monoisotopic (exact) mass is 361 g/mol. The van der Waals surface area contributed by atoms with Crippen LogP contribution in [0.2, 0.25) is 0 Å². The maximum atomic E-state index is 12.6. The molecule has 0 spiro atoms. The Morgan fingerprint density at radius 1 is 1.25 bits per heavy atom. The molecular formula is C17H22F3NO2S. The van der Waals surface area contributed by atoms with E-state index in [9.17, 15) is 18.0 Å². The smallest absolute Gasteiger partial charge is 0.416 e. The van der Waals surface area contributed by atoms with E-state index in [1.54, 1.807) is 0 Å². The molecule has 0 radical (unpaired) electrons. The second-order valence-corrected chi connectivity index (χ2v) is 7.20. The van der Waals surface area contributed by atoms with Gasteiger partial charge >= 0.3 is 6.18 Å². The molecule has 2 rings (SSSR count). The molecule has 134 valence electrons. The van der Waals surface area contributed by atoms with Crippen LogP contribution in [0.1, 0.15) is 37.7 Å². The summed E-state index contributed by atoms with van der Waals surface area (Å²) >= 11 is 1.88. The SMILES string of the molecule is O=C(COc1cccc(C(F)(F)F)c1)NCCSC1CCCCC1. The van der Waals surface area contributed by atoms with Crippen molar-refractivity contribution >= 4 is 17.7 Å². The van der Waals surface area contributed by atoms with Gasteiger partial charge in [-0.1, -0.05) is 25.3 Å². The lowest BCUT2D eigenvalue weighted by Crippen LogP contribution is -2.31. The highest BCUT2D eigenvalue weighted by molar-refractivity contribution is 7.99. The average Bonchev–Trinajstić information content (AvgIpc) is 2.57. The Morgan fingerprint density at radius 2 is 2.00 bits per heavy atom. The molecular weight excluding hydrogens is 339 g/mol. The van der Waals surface area contributed by atoms with Crippen molar-refractivity contribution in [2.24, 2.45) is 0 Å². The minimum atomic E-state index is -4.42. The summed E-state index contributed by atoms with van der Waals surface area (Å²) in [5.41, 5.74) is -0.788. The first-order chi connectivity index (χ1) is 11.4. The van der Waals surface area contributed by atoms with Crippen LogP contribution in [0, 0.1) is 0 Å². The van der Waals surface area contributed by atoms with Crippen LogP contribution in [0.3, 0.4) is 0 Å². The van der Waals surface area contributed by atoms with Crippen molar-refractivity contribution in [1.82, 2.24) is 5.32 Å². The Bertz CT molecular complexity index is 531. The number of rotatable bonds is 7. The molecule has 1 aromatic rings. The lowest BCUT2D eigenvalue weighted by atomic mass is 10.0. The van der Waals surface area contributed by atoms with Gasteiger partial charge in [-0.2, -0.15) is 24.9 Å². The minimum absolute atomic E-state index is 0.0385. The topological polar surface area (TPSA) is 38.3 Å². The van der Waals surface area contributed by atoms with Crippen molar-refractivity contribution in [3.63, 3.8) is 0 Å². The quantitative estimate of drug-likeness (QED) is 0.737. The molecule has 1 aliphatic carbocycles. The summed E-state index contributed by atoms with van der Waals surface area (Å²) in [4.78, 5) is 11.7. The van der Waals surface area contributed by atoms with E-state index < -0.39 is 11.7 Å².